The molecule has 17 heavy (non-hydrogen) atoms. The van der Waals surface area contributed by atoms with Crippen molar-refractivity contribution in [2.24, 2.45) is 5.73 Å². The van der Waals surface area contributed by atoms with Crippen molar-refractivity contribution in [1.29, 1.82) is 0 Å². The maximum absolute atomic E-state index is 5.72. The number of nitrogens with two attached hydrogens (primary N) is 1. The van der Waals surface area contributed by atoms with E-state index in [0.29, 0.717) is 12.6 Å². The van der Waals surface area contributed by atoms with Crippen molar-refractivity contribution >= 4 is 0 Å². The first-order valence-electron chi connectivity index (χ1n) is 6.42. The Hall–Kier alpha value is -0.940. The fraction of sp³-hybridized carbons (Fsp3) is 0.833. The lowest BCUT2D eigenvalue weighted by molar-refractivity contribution is 0.0963. The number of methoxy groups -OCH3 is 1. The molecule has 0 radical (unpaired) electrons. The van der Waals surface area contributed by atoms with Crippen LogP contribution in [-0.2, 0) is 4.74 Å². The van der Waals surface area contributed by atoms with Crippen LogP contribution in [0.3, 0.4) is 0 Å². The highest BCUT2D eigenvalue weighted by molar-refractivity contribution is 5.02. The van der Waals surface area contributed by atoms with Gasteiger partial charge in [0, 0.05) is 19.7 Å². The highest BCUT2D eigenvalue weighted by Crippen LogP contribution is 2.31. The molecule has 0 aliphatic heterocycles. The van der Waals surface area contributed by atoms with Gasteiger partial charge in [0.05, 0.1) is 0 Å². The Balaban J connectivity index is 2.27. The van der Waals surface area contributed by atoms with Gasteiger partial charge in [0.25, 0.3) is 0 Å². The van der Waals surface area contributed by atoms with Crippen LogP contribution in [0.1, 0.15) is 55.9 Å². The van der Waals surface area contributed by atoms with E-state index in [1.54, 1.807) is 7.11 Å². The number of rotatable bonds is 4. The molecule has 1 aliphatic carbocycles. The lowest BCUT2D eigenvalue weighted by Crippen LogP contribution is -2.23. The molecule has 0 bridgehead atoms. The first-order chi connectivity index (χ1) is 8.27. The molecule has 1 unspecified atom stereocenters. The molecule has 0 saturated heterocycles. The minimum atomic E-state index is -0.141. The van der Waals surface area contributed by atoms with Crippen LogP contribution in [0, 0.1) is 6.92 Å². The summed E-state index contributed by atoms with van der Waals surface area (Å²) in [5.74, 6) is 1.86. The van der Waals surface area contributed by atoms with Gasteiger partial charge in [-0.05, 0) is 19.8 Å². The average Bonchev–Trinajstić information content (AvgIpc) is 2.74. The molecular weight excluding hydrogens is 216 g/mol. The van der Waals surface area contributed by atoms with Gasteiger partial charge in [-0.1, -0.05) is 19.3 Å². The third-order valence-electron chi connectivity index (χ3n) is 3.62. The summed E-state index contributed by atoms with van der Waals surface area (Å²) in [6, 6.07) is 0.526. The highest BCUT2D eigenvalue weighted by Gasteiger charge is 2.24. The summed E-state index contributed by atoms with van der Waals surface area (Å²) < 4.78 is 7.62. The van der Waals surface area contributed by atoms with Gasteiger partial charge in [0.15, 0.2) is 5.82 Å². The summed E-state index contributed by atoms with van der Waals surface area (Å²) in [5.41, 5.74) is 5.72. The molecule has 1 atom stereocenters. The summed E-state index contributed by atoms with van der Waals surface area (Å²) in [4.78, 5) is 0. The van der Waals surface area contributed by atoms with E-state index in [4.69, 9.17) is 10.5 Å². The van der Waals surface area contributed by atoms with Gasteiger partial charge in [-0.15, -0.1) is 10.2 Å². The van der Waals surface area contributed by atoms with Gasteiger partial charge in [0.2, 0.25) is 0 Å². The standard InChI is InChI=1S/C12H22N4O/c1-9-14-15-12(11(8-13)17-2)16(9)10-6-4-3-5-7-10/h10-11H,3-8,13H2,1-2H3. The summed E-state index contributed by atoms with van der Waals surface area (Å²) in [6.07, 6.45) is 6.22. The molecule has 0 spiro atoms. The molecule has 1 saturated carbocycles. The second-order valence-corrected chi connectivity index (χ2v) is 4.73. The Bertz CT molecular complexity index is 353. The van der Waals surface area contributed by atoms with Crippen LogP contribution >= 0.6 is 0 Å². The lowest BCUT2D eigenvalue weighted by atomic mass is 9.95. The fourth-order valence-electron chi connectivity index (χ4n) is 2.70. The fourth-order valence-corrected chi connectivity index (χ4v) is 2.70. The third kappa shape index (κ3) is 2.50. The molecule has 96 valence electrons. The van der Waals surface area contributed by atoms with E-state index in [0.717, 1.165) is 11.6 Å². The predicted octanol–water partition coefficient (Wildman–Crippen LogP) is 1.74. The maximum Gasteiger partial charge on any atom is 0.163 e. The van der Waals surface area contributed by atoms with Crippen molar-refractivity contribution in [1.82, 2.24) is 14.8 Å². The molecule has 1 heterocycles. The van der Waals surface area contributed by atoms with E-state index >= 15 is 0 Å². The topological polar surface area (TPSA) is 66.0 Å². The SMILES string of the molecule is COC(CN)c1nnc(C)n1C1CCCCC1. The number of aryl methyl sites for hydroxylation is 1. The molecule has 0 aromatic carbocycles. The Kier molecular flexibility index (Phi) is 4.12. The van der Waals surface area contributed by atoms with Gasteiger partial charge in [-0.25, -0.2) is 0 Å². The van der Waals surface area contributed by atoms with Crippen molar-refractivity contribution in [2.75, 3.05) is 13.7 Å². The normalized spacial score (nSPS) is 19.5. The minimum absolute atomic E-state index is 0.141. The van der Waals surface area contributed by atoms with Gasteiger partial charge in [-0.2, -0.15) is 0 Å². The number of hydrogen-bond donors (Lipinski definition) is 1. The molecule has 5 nitrogen and oxygen atoms in total. The molecule has 2 rings (SSSR count). The van der Waals surface area contributed by atoms with Crippen LogP contribution < -0.4 is 5.73 Å². The molecule has 1 aliphatic rings. The monoisotopic (exact) mass is 238 g/mol. The third-order valence-corrected chi connectivity index (χ3v) is 3.62. The van der Waals surface area contributed by atoms with Gasteiger partial charge in [-0.3, -0.25) is 0 Å². The smallest absolute Gasteiger partial charge is 0.163 e. The molecule has 1 fully saturated rings. The largest absolute Gasteiger partial charge is 0.372 e. The first kappa shape index (κ1) is 12.5. The summed E-state index contributed by atoms with van der Waals surface area (Å²) in [7, 11) is 1.67. The number of nitrogens with zero attached hydrogens (tertiary/aromatic N) is 3. The zero-order valence-corrected chi connectivity index (χ0v) is 10.7. The number of hydrogen-bond acceptors (Lipinski definition) is 4. The first-order valence-corrected chi connectivity index (χ1v) is 6.42. The van der Waals surface area contributed by atoms with Crippen LogP contribution in [0.25, 0.3) is 0 Å². The average molecular weight is 238 g/mol. The van der Waals surface area contributed by atoms with Crippen molar-refractivity contribution in [3.8, 4) is 0 Å². The molecule has 1 aromatic rings. The van der Waals surface area contributed by atoms with Crippen LogP contribution in [0.15, 0.2) is 0 Å². The Morgan fingerprint density at radius 3 is 2.65 bits per heavy atom. The lowest BCUT2D eigenvalue weighted by Gasteiger charge is -2.26. The second-order valence-electron chi connectivity index (χ2n) is 4.73. The molecule has 5 heteroatoms. The summed E-state index contributed by atoms with van der Waals surface area (Å²) in [6.45, 7) is 2.45. The zero-order chi connectivity index (χ0) is 12.3. The van der Waals surface area contributed by atoms with E-state index in [9.17, 15) is 0 Å². The number of aromatic nitrogens is 3. The van der Waals surface area contributed by atoms with Gasteiger partial charge in [0.1, 0.15) is 11.9 Å². The van der Waals surface area contributed by atoms with Gasteiger partial charge >= 0.3 is 0 Å². The van der Waals surface area contributed by atoms with Crippen LogP contribution in [-0.4, -0.2) is 28.4 Å². The van der Waals surface area contributed by atoms with E-state index in [1.807, 2.05) is 6.92 Å². The summed E-state index contributed by atoms with van der Waals surface area (Å²) in [5, 5.41) is 8.43. The predicted molar refractivity (Wildman–Crippen MR) is 65.7 cm³/mol. The van der Waals surface area contributed by atoms with Crippen LogP contribution in [0.2, 0.25) is 0 Å². The molecule has 0 amide bonds. The quantitative estimate of drug-likeness (QED) is 0.867. The van der Waals surface area contributed by atoms with Crippen molar-refractivity contribution in [3.63, 3.8) is 0 Å². The van der Waals surface area contributed by atoms with Crippen LogP contribution in [0.4, 0.5) is 0 Å². The Morgan fingerprint density at radius 2 is 2.06 bits per heavy atom. The minimum Gasteiger partial charge on any atom is -0.372 e. The van der Waals surface area contributed by atoms with Gasteiger partial charge < -0.3 is 15.0 Å². The van der Waals surface area contributed by atoms with E-state index in [1.165, 1.54) is 32.1 Å². The maximum atomic E-state index is 5.72. The van der Waals surface area contributed by atoms with Crippen molar-refractivity contribution in [2.45, 2.75) is 51.2 Å². The van der Waals surface area contributed by atoms with Crippen molar-refractivity contribution < 1.29 is 4.74 Å². The second kappa shape index (κ2) is 5.60. The number of ether oxygens (including phenoxy) is 1. The van der Waals surface area contributed by atoms with E-state index in [-0.39, 0.29) is 6.10 Å². The van der Waals surface area contributed by atoms with Crippen LogP contribution in [0.5, 0.6) is 0 Å². The van der Waals surface area contributed by atoms with Crippen molar-refractivity contribution in [3.05, 3.63) is 11.6 Å². The Morgan fingerprint density at radius 1 is 1.35 bits per heavy atom. The zero-order valence-electron chi connectivity index (χ0n) is 10.7. The summed E-state index contributed by atoms with van der Waals surface area (Å²) >= 11 is 0. The molecule has 1 aromatic heterocycles. The molecular formula is C12H22N4O. The van der Waals surface area contributed by atoms with E-state index < -0.39 is 0 Å². The van der Waals surface area contributed by atoms with E-state index in [2.05, 4.69) is 14.8 Å². The highest BCUT2D eigenvalue weighted by atomic mass is 16.5. The molecule has 2 N–H and O–H groups in total. The Labute approximate surface area is 102 Å².